The van der Waals surface area contributed by atoms with Crippen LogP contribution in [0, 0.1) is 0 Å². The van der Waals surface area contributed by atoms with E-state index in [4.69, 9.17) is 9.88 Å². The summed E-state index contributed by atoms with van der Waals surface area (Å²) in [5.41, 5.74) is -0.276. The molecule has 1 heterocycles. The standard InChI is InChI=1S/C11H11F3N2O4S/c1-6-5-16(10(17)11(12,13)14)8-4-7(21(15,18)19)2-3-9(8)20-6/h2-4,6H,5H2,1H3,(H2,15,18,19). The number of rotatable bonds is 1. The molecule has 1 aliphatic heterocycles. The van der Waals surface area contributed by atoms with Gasteiger partial charge in [0.05, 0.1) is 17.1 Å². The highest BCUT2D eigenvalue weighted by atomic mass is 32.2. The van der Waals surface area contributed by atoms with Gasteiger partial charge in [-0.15, -0.1) is 0 Å². The number of fused-ring (bicyclic) bond motifs is 1. The molecule has 1 aromatic carbocycles. The van der Waals surface area contributed by atoms with Crippen LogP contribution in [-0.2, 0) is 14.8 Å². The van der Waals surface area contributed by atoms with E-state index in [9.17, 15) is 26.4 Å². The van der Waals surface area contributed by atoms with E-state index in [1.807, 2.05) is 0 Å². The van der Waals surface area contributed by atoms with E-state index in [2.05, 4.69) is 0 Å². The van der Waals surface area contributed by atoms with Gasteiger partial charge >= 0.3 is 12.1 Å². The fourth-order valence-corrected chi connectivity index (χ4v) is 2.47. The molecule has 21 heavy (non-hydrogen) atoms. The highest BCUT2D eigenvalue weighted by Crippen LogP contribution is 2.37. The summed E-state index contributed by atoms with van der Waals surface area (Å²) in [5, 5.41) is 4.93. The Morgan fingerprint density at radius 3 is 2.57 bits per heavy atom. The minimum Gasteiger partial charge on any atom is -0.487 e. The van der Waals surface area contributed by atoms with Crippen molar-refractivity contribution >= 4 is 21.6 Å². The molecule has 0 saturated heterocycles. The Kier molecular flexibility index (Phi) is 3.62. The van der Waals surface area contributed by atoms with Crippen molar-refractivity contribution in [2.75, 3.05) is 11.4 Å². The molecule has 1 unspecified atom stereocenters. The molecule has 0 spiro atoms. The average molecular weight is 324 g/mol. The number of primary sulfonamides is 1. The van der Waals surface area contributed by atoms with Gasteiger partial charge in [0.25, 0.3) is 0 Å². The molecule has 0 radical (unpaired) electrons. The van der Waals surface area contributed by atoms with Crippen LogP contribution in [0.1, 0.15) is 6.92 Å². The van der Waals surface area contributed by atoms with Crippen molar-refractivity contribution < 1.29 is 31.1 Å². The topological polar surface area (TPSA) is 89.7 Å². The van der Waals surface area contributed by atoms with Crippen LogP contribution in [0.5, 0.6) is 5.75 Å². The summed E-state index contributed by atoms with van der Waals surface area (Å²) in [6.45, 7) is 1.15. The predicted molar refractivity (Wildman–Crippen MR) is 66.3 cm³/mol. The minimum absolute atomic E-state index is 0.0150. The molecule has 0 aliphatic carbocycles. The second-order valence-electron chi connectivity index (χ2n) is 4.52. The lowest BCUT2D eigenvalue weighted by Crippen LogP contribution is -2.48. The molecule has 0 bridgehead atoms. The third-order valence-corrected chi connectivity index (χ3v) is 3.72. The van der Waals surface area contributed by atoms with Crippen molar-refractivity contribution in [1.82, 2.24) is 0 Å². The van der Waals surface area contributed by atoms with Crippen molar-refractivity contribution in [3.05, 3.63) is 18.2 Å². The number of hydrogen-bond donors (Lipinski definition) is 1. The number of amides is 1. The van der Waals surface area contributed by atoms with Crippen LogP contribution in [0.2, 0.25) is 0 Å². The molecule has 0 aromatic heterocycles. The highest BCUT2D eigenvalue weighted by molar-refractivity contribution is 7.89. The summed E-state index contributed by atoms with van der Waals surface area (Å²) in [6.07, 6.45) is -5.74. The first-order valence-corrected chi connectivity index (χ1v) is 7.27. The van der Waals surface area contributed by atoms with E-state index in [0.717, 1.165) is 12.1 Å². The van der Waals surface area contributed by atoms with Crippen LogP contribution < -0.4 is 14.8 Å². The van der Waals surface area contributed by atoms with Gasteiger partial charge in [-0.1, -0.05) is 0 Å². The van der Waals surface area contributed by atoms with Gasteiger partial charge in [-0.2, -0.15) is 13.2 Å². The third kappa shape index (κ3) is 3.10. The first kappa shape index (κ1) is 15.6. The summed E-state index contributed by atoms with van der Waals surface area (Å²) < 4.78 is 65.7. The molecule has 1 aliphatic rings. The number of sulfonamides is 1. The lowest BCUT2D eigenvalue weighted by atomic mass is 10.2. The monoisotopic (exact) mass is 324 g/mol. The zero-order valence-corrected chi connectivity index (χ0v) is 11.5. The molecule has 10 heteroatoms. The first-order chi connectivity index (χ1) is 9.50. The number of halogens is 3. The number of carbonyl (C=O) groups excluding carboxylic acids is 1. The summed E-state index contributed by atoms with van der Waals surface area (Å²) >= 11 is 0. The molecule has 6 nitrogen and oxygen atoms in total. The Hall–Kier alpha value is -1.81. The molecular formula is C11H11F3N2O4S. The Bertz CT molecular complexity index is 687. The van der Waals surface area contributed by atoms with Gasteiger partial charge in [0.2, 0.25) is 10.0 Å². The van der Waals surface area contributed by atoms with Crippen LogP contribution in [0.4, 0.5) is 18.9 Å². The average Bonchev–Trinajstić information content (AvgIpc) is 2.34. The second kappa shape index (κ2) is 4.88. The highest BCUT2D eigenvalue weighted by Gasteiger charge is 2.45. The molecule has 2 N–H and O–H groups in total. The smallest absolute Gasteiger partial charge is 0.471 e. The van der Waals surface area contributed by atoms with Crippen molar-refractivity contribution in [1.29, 1.82) is 0 Å². The van der Waals surface area contributed by atoms with Crippen molar-refractivity contribution in [3.63, 3.8) is 0 Å². The Balaban J connectivity index is 2.56. The number of alkyl halides is 3. The van der Waals surface area contributed by atoms with Gasteiger partial charge < -0.3 is 4.74 Å². The number of benzene rings is 1. The SMILES string of the molecule is CC1CN(C(=O)C(F)(F)F)c2cc(S(N)(=O)=O)ccc2O1. The predicted octanol–water partition coefficient (Wildman–Crippen LogP) is 1.01. The van der Waals surface area contributed by atoms with E-state index in [1.165, 1.54) is 13.0 Å². The Labute approximate surface area is 118 Å². The summed E-state index contributed by atoms with van der Waals surface area (Å²) in [5.74, 6) is -2.11. The maximum Gasteiger partial charge on any atom is 0.471 e. The van der Waals surface area contributed by atoms with Crippen LogP contribution in [-0.4, -0.2) is 33.1 Å². The summed E-state index contributed by atoms with van der Waals surface area (Å²) in [4.78, 5) is 11.5. The summed E-state index contributed by atoms with van der Waals surface area (Å²) in [7, 11) is -4.11. The van der Waals surface area contributed by atoms with E-state index < -0.39 is 33.1 Å². The quantitative estimate of drug-likeness (QED) is 0.835. The fraction of sp³-hybridized carbons (Fsp3) is 0.364. The molecule has 116 valence electrons. The zero-order chi connectivity index (χ0) is 16.0. The van der Waals surface area contributed by atoms with Crippen LogP contribution in [0.3, 0.4) is 0 Å². The molecule has 0 saturated carbocycles. The molecule has 2 rings (SSSR count). The van der Waals surface area contributed by atoms with Gasteiger partial charge in [0.15, 0.2) is 0 Å². The number of hydrogen-bond acceptors (Lipinski definition) is 4. The Morgan fingerprint density at radius 2 is 2.05 bits per heavy atom. The molecule has 1 atom stereocenters. The molecule has 0 fully saturated rings. The van der Waals surface area contributed by atoms with Crippen molar-refractivity contribution in [2.24, 2.45) is 5.14 Å². The normalized spacial score (nSPS) is 18.9. The van der Waals surface area contributed by atoms with Crippen molar-refractivity contribution in [3.8, 4) is 5.75 Å². The lowest BCUT2D eigenvalue weighted by molar-refractivity contribution is -0.170. The number of nitrogens with zero attached hydrogens (tertiary/aromatic N) is 1. The lowest BCUT2D eigenvalue weighted by Gasteiger charge is -2.33. The van der Waals surface area contributed by atoms with Gasteiger partial charge in [0.1, 0.15) is 11.9 Å². The van der Waals surface area contributed by atoms with Gasteiger partial charge in [-0.25, -0.2) is 13.6 Å². The largest absolute Gasteiger partial charge is 0.487 e. The molecular weight excluding hydrogens is 313 g/mol. The molecule has 1 aromatic rings. The molecule has 1 amide bonds. The van der Waals surface area contributed by atoms with Crippen LogP contribution in [0.25, 0.3) is 0 Å². The number of carbonyl (C=O) groups is 1. The number of ether oxygens (including phenoxy) is 1. The number of nitrogens with two attached hydrogens (primary N) is 1. The van der Waals surface area contributed by atoms with E-state index in [0.29, 0.717) is 4.90 Å². The van der Waals surface area contributed by atoms with Gasteiger partial charge in [-0.3, -0.25) is 9.69 Å². The summed E-state index contributed by atoms with van der Waals surface area (Å²) in [6, 6.07) is 3.16. The maximum atomic E-state index is 12.6. The van der Waals surface area contributed by atoms with Crippen molar-refractivity contribution in [2.45, 2.75) is 24.1 Å². The zero-order valence-electron chi connectivity index (χ0n) is 10.7. The maximum absolute atomic E-state index is 12.6. The fourth-order valence-electron chi connectivity index (χ4n) is 1.94. The van der Waals surface area contributed by atoms with Gasteiger partial charge in [-0.05, 0) is 25.1 Å². The van der Waals surface area contributed by atoms with E-state index in [1.54, 1.807) is 0 Å². The van der Waals surface area contributed by atoms with Crippen LogP contribution >= 0.6 is 0 Å². The van der Waals surface area contributed by atoms with Gasteiger partial charge in [0, 0.05) is 0 Å². The Morgan fingerprint density at radius 1 is 1.43 bits per heavy atom. The van der Waals surface area contributed by atoms with E-state index in [-0.39, 0.29) is 18.0 Å². The van der Waals surface area contributed by atoms with E-state index >= 15 is 0 Å². The third-order valence-electron chi connectivity index (χ3n) is 2.81. The van der Waals surface area contributed by atoms with Crippen LogP contribution in [0.15, 0.2) is 23.1 Å². The minimum atomic E-state index is -5.08. The number of anilines is 1. The second-order valence-corrected chi connectivity index (χ2v) is 6.08. The first-order valence-electron chi connectivity index (χ1n) is 5.72.